The minimum absolute atomic E-state index is 0.143. The van der Waals surface area contributed by atoms with Gasteiger partial charge in [0.15, 0.2) is 0 Å². The van der Waals surface area contributed by atoms with Gasteiger partial charge in [-0.3, -0.25) is 14.8 Å². The van der Waals surface area contributed by atoms with Crippen molar-refractivity contribution in [3.8, 4) is 0 Å². The van der Waals surface area contributed by atoms with Gasteiger partial charge < -0.3 is 5.73 Å². The van der Waals surface area contributed by atoms with Gasteiger partial charge in [-0.1, -0.05) is 0 Å². The lowest BCUT2D eigenvalue weighted by atomic mass is 10.2. The number of hydrogen-bond acceptors (Lipinski definition) is 5. The minimum atomic E-state index is -4.59. The number of nitrogens with one attached hydrogen (secondary N) is 1. The third-order valence-electron chi connectivity index (χ3n) is 2.97. The predicted molar refractivity (Wildman–Crippen MR) is 79.8 cm³/mol. The van der Waals surface area contributed by atoms with Crippen molar-refractivity contribution in [1.82, 2.24) is 0 Å². The Bertz CT molecular complexity index is 880. The second kappa shape index (κ2) is 6.00. The summed E-state index contributed by atoms with van der Waals surface area (Å²) in [5.74, 6) is 0. The molecule has 0 unspecified atom stereocenters. The van der Waals surface area contributed by atoms with Crippen LogP contribution in [0.1, 0.15) is 5.56 Å². The quantitative estimate of drug-likeness (QED) is 0.493. The van der Waals surface area contributed by atoms with Crippen LogP contribution in [0.2, 0.25) is 0 Å². The van der Waals surface area contributed by atoms with Crippen LogP contribution in [-0.4, -0.2) is 13.3 Å². The Kier molecular flexibility index (Phi) is 4.38. The molecular formula is C13H10F3N3O4S. The molecule has 11 heteroatoms. The summed E-state index contributed by atoms with van der Waals surface area (Å²) in [6, 6.07) is 6.08. The van der Waals surface area contributed by atoms with Crippen LogP contribution in [0.15, 0.2) is 47.4 Å². The van der Waals surface area contributed by atoms with E-state index in [4.69, 9.17) is 5.73 Å². The summed E-state index contributed by atoms with van der Waals surface area (Å²) in [6.45, 7) is 0. The van der Waals surface area contributed by atoms with Gasteiger partial charge in [-0.05, 0) is 36.4 Å². The van der Waals surface area contributed by atoms with Crippen LogP contribution >= 0.6 is 0 Å². The molecule has 128 valence electrons. The molecule has 0 saturated carbocycles. The Morgan fingerprint density at radius 1 is 1.08 bits per heavy atom. The average Bonchev–Trinajstić information content (AvgIpc) is 2.48. The zero-order valence-electron chi connectivity index (χ0n) is 11.7. The van der Waals surface area contributed by atoms with Gasteiger partial charge in [-0.25, -0.2) is 8.42 Å². The summed E-state index contributed by atoms with van der Waals surface area (Å²) in [4.78, 5) is 9.58. The number of halogens is 3. The van der Waals surface area contributed by atoms with Crippen molar-refractivity contribution >= 4 is 27.1 Å². The standard InChI is InChI=1S/C13H10F3N3O4S/c14-13(15,16)8-1-4-10(5-2-8)24(22,23)18-9-3-6-11(17)12(7-9)19(20)21/h1-7,18H,17H2. The molecule has 0 radical (unpaired) electrons. The van der Waals surface area contributed by atoms with E-state index in [1.165, 1.54) is 6.07 Å². The van der Waals surface area contributed by atoms with Crippen LogP contribution < -0.4 is 10.5 Å². The zero-order valence-corrected chi connectivity index (χ0v) is 12.6. The van der Waals surface area contributed by atoms with Crippen molar-refractivity contribution in [3.63, 3.8) is 0 Å². The molecule has 0 amide bonds. The van der Waals surface area contributed by atoms with Crippen LogP contribution in [0.3, 0.4) is 0 Å². The van der Waals surface area contributed by atoms with Crippen molar-refractivity contribution in [2.45, 2.75) is 11.1 Å². The summed E-state index contributed by atoms with van der Waals surface area (Å²) in [7, 11) is -4.21. The number of benzene rings is 2. The van der Waals surface area contributed by atoms with Gasteiger partial charge in [-0.15, -0.1) is 0 Å². The third kappa shape index (κ3) is 3.74. The molecule has 0 aromatic heterocycles. The fourth-order valence-corrected chi connectivity index (χ4v) is 2.85. The highest BCUT2D eigenvalue weighted by Gasteiger charge is 2.30. The third-order valence-corrected chi connectivity index (χ3v) is 4.37. The summed E-state index contributed by atoms with van der Waals surface area (Å²) in [6.07, 6.45) is -4.59. The molecular weight excluding hydrogens is 351 g/mol. The number of nitrogens with zero attached hydrogens (tertiary/aromatic N) is 1. The highest BCUT2D eigenvalue weighted by atomic mass is 32.2. The number of nitrogen functional groups attached to an aromatic ring is 1. The van der Waals surface area contributed by atoms with Gasteiger partial charge in [0.1, 0.15) is 5.69 Å². The topological polar surface area (TPSA) is 115 Å². The van der Waals surface area contributed by atoms with Crippen molar-refractivity contribution in [1.29, 1.82) is 0 Å². The van der Waals surface area contributed by atoms with E-state index in [0.717, 1.165) is 24.3 Å². The van der Waals surface area contributed by atoms with E-state index < -0.39 is 37.3 Å². The van der Waals surface area contributed by atoms with Crippen molar-refractivity contribution in [2.75, 3.05) is 10.5 Å². The Morgan fingerprint density at radius 3 is 2.17 bits per heavy atom. The van der Waals surface area contributed by atoms with Crippen LogP contribution in [0.4, 0.5) is 30.2 Å². The number of hydrogen-bond donors (Lipinski definition) is 2. The number of nitro groups is 1. The molecule has 2 rings (SSSR count). The first-order valence-corrected chi connectivity index (χ1v) is 7.73. The molecule has 0 bridgehead atoms. The minimum Gasteiger partial charge on any atom is -0.393 e. The lowest BCUT2D eigenvalue weighted by Gasteiger charge is -2.10. The highest BCUT2D eigenvalue weighted by Crippen LogP contribution is 2.30. The fourth-order valence-electron chi connectivity index (χ4n) is 1.80. The van der Waals surface area contributed by atoms with Crippen LogP contribution in [0.5, 0.6) is 0 Å². The molecule has 0 aliphatic rings. The molecule has 2 aromatic rings. The van der Waals surface area contributed by atoms with Crippen LogP contribution in [0, 0.1) is 10.1 Å². The van der Waals surface area contributed by atoms with Gasteiger partial charge >= 0.3 is 6.18 Å². The Hall–Kier alpha value is -2.82. The van der Waals surface area contributed by atoms with Crippen molar-refractivity contribution < 1.29 is 26.5 Å². The van der Waals surface area contributed by atoms with E-state index in [1.54, 1.807) is 0 Å². The number of alkyl halides is 3. The Morgan fingerprint density at radius 2 is 1.67 bits per heavy atom. The van der Waals surface area contributed by atoms with E-state index in [-0.39, 0.29) is 11.4 Å². The van der Waals surface area contributed by atoms with Crippen LogP contribution in [-0.2, 0) is 16.2 Å². The highest BCUT2D eigenvalue weighted by molar-refractivity contribution is 7.92. The molecule has 0 atom stereocenters. The molecule has 7 nitrogen and oxygen atoms in total. The first kappa shape index (κ1) is 17.5. The molecule has 24 heavy (non-hydrogen) atoms. The van der Waals surface area contributed by atoms with Gasteiger partial charge in [0.05, 0.1) is 21.1 Å². The van der Waals surface area contributed by atoms with E-state index in [2.05, 4.69) is 0 Å². The maximum absolute atomic E-state index is 12.5. The molecule has 0 aliphatic heterocycles. The van der Waals surface area contributed by atoms with Crippen LogP contribution in [0.25, 0.3) is 0 Å². The van der Waals surface area contributed by atoms with Gasteiger partial charge in [0.25, 0.3) is 15.7 Å². The summed E-state index contributed by atoms with van der Waals surface area (Å²) < 4.78 is 63.8. The predicted octanol–water partition coefficient (Wildman–Crippen LogP) is 3.00. The van der Waals surface area contributed by atoms with E-state index >= 15 is 0 Å². The normalized spacial score (nSPS) is 12.0. The number of nitrogens with two attached hydrogens (primary N) is 1. The molecule has 0 saturated heterocycles. The van der Waals surface area contributed by atoms with E-state index in [9.17, 15) is 31.7 Å². The van der Waals surface area contributed by atoms with E-state index in [1.807, 2.05) is 4.72 Å². The second-order valence-electron chi connectivity index (χ2n) is 4.66. The Balaban J connectivity index is 2.32. The molecule has 0 spiro atoms. The monoisotopic (exact) mass is 361 g/mol. The molecule has 0 heterocycles. The SMILES string of the molecule is Nc1ccc(NS(=O)(=O)c2ccc(C(F)(F)F)cc2)cc1[N+](=O)[O-]. The molecule has 3 N–H and O–H groups in total. The van der Waals surface area contributed by atoms with Crippen molar-refractivity contribution in [2.24, 2.45) is 0 Å². The first-order chi connectivity index (χ1) is 11.0. The molecule has 0 fully saturated rings. The van der Waals surface area contributed by atoms with Crippen molar-refractivity contribution in [3.05, 3.63) is 58.1 Å². The summed E-state index contributed by atoms with van der Waals surface area (Å²) in [5, 5.41) is 10.8. The molecule has 2 aromatic carbocycles. The maximum Gasteiger partial charge on any atom is 0.416 e. The van der Waals surface area contributed by atoms with Gasteiger partial charge in [0.2, 0.25) is 0 Å². The second-order valence-corrected chi connectivity index (χ2v) is 6.34. The summed E-state index contributed by atoms with van der Waals surface area (Å²) >= 11 is 0. The average molecular weight is 361 g/mol. The fraction of sp³-hybridized carbons (Fsp3) is 0.0769. The van der Waals surface area contributed by atoms with E-state index in [0.29, 0.717) is 12.1 Å². The molecule has 0 aliphatic carbocycles. The maximum atomic E-state index is 12.5. The number of sulfonamides is 1. The summed E-state index contributed by atoms with van der Waals surface area (Å²) in [5.41, 5.74) is 3.61. The Labute approximate surface area is 134 Å². The number of nitro benzene ring substituents is 1. The zero-order chi connectivity index (χ0) is 18.1. The first-order valence-electron chi connectivity index (χ1n) is 6.25. The largest absolute Gasteiger partial charge is 0.416 e. The van der Waals surface area contributed by atoms with Gasteiger partial charge in [0, 0.05) is 6.07 Å². The number of rotatable bonds is 4. The number of anilines is 2. The van der Waals surface area contributed by atoms with Gasteiger partial charge in [-0.2, -0.15) is 13.2 Å². The lowest BCUT2D eigenvalue weighted by molar-refractivity contribution is -0.383. The smallest absolute Gasteiger partial charge is 0.393 e. The lowest BCUT2D eigenvalue weighted by Crippen LogP contribution is -2.14.